The summed E-state index contributed by atoms with van der Waals surface area (Å²) in [5.74, 6) is 1.98. The normalized spacial score (nSPS) is 21.3. The molecule has 0 aromatic heterocycles. The van der Waals surface area contributed by atoms with Gasteiger partial charge in [0.15, 0.2) is 0 Å². The van der Waals surface area contributed by atoms with Gasteiger partial charge in [-0.2, -0.15) is 0 Å². The Hall–Kier alpha value is -1.69. The lowest BCUT2D eigenvalue weighted by molar-refractivity contribution is 0.143. The third-order valence-electron chi connectivity index (χ3n) is 5.23. The number of benzene rings is 2. The van der Waals surface area contributed by atoms with Crippen LogP contribution < -0.4 is 9.46 Å². The predicted molar refractivity (Wildman–Crippen MR) is 106 cm³/mol. The first-order chi connectivity index (χ1) is 12.7. The number of rotatable bonds is 8. The molecule has 0 bridgehead atoms. The van der Waals surface area contributed by atoms with Crippen molar-refractivity contribution < 1.29 is 13.5 Å². The Morgan fingerprint density at radius 1 is 0.962 bits per heavy atom. The highest BCUT2D eigenvalue weighted by atomic mass is 32.2. The maximum Gasteiger partial charge on any atom is 0.231 e. The monoisotopic (exact) mass is 373 g/mol. The fourth-order valence-corrected chi connectivity index (χ4v) is 4.09. The largest absolute Gasteiger partial charge is 0.493 e. The van der Waals surface area contributed by atoms with E-state index in [1.165, 1.54) is 36.8 Å². The van der Waals surface area contributed by atoms with E-state index in [0.717, 1.165) is 18.8 Å². The third kappa shape index (κ3) is 5.66. The van der Waals surface area contributed by atoms with Crippen LogP contribution in [0.5, 0.6) is 5.75 Å². The molecule has 5 heteroatoms. The van der Waals surface area contributed by atoms with Gasteiger partial charge in [-0.1, -0.05) is 61.7 Å². The summed E-state index contributed by atoms with van der Waals surface area (Å²) in [5, 5.41) is 0. The Morgan fingerprint density at radius 2 is 1.62 bits per heavy atom. The van der Waals surface area contributed by atoms with Crippen molar-refractivity contribution in [3.63, 3.8) is 0 Å². The van der Waals surface area contributed by atoms with Gasteiger partial charge in [0.25, 0.3) is 0 Å². The first kappa shape index (κ1) is 19.1. The molecule has 1 fully saturated rings. The van der Waals surface area contributed by atoms with E-state index in [9.17, 15) is 4.21 Å². The minimum absolute atomic E-state index is 0.520. The van der Waals surface area contributed by atoms with Gasteiger partial charge in [0.2, 0.25) is 11.3 Å². The van der Waals surface area contributed by atoms with Crippen LogP contribution in [0.15, 0.2) is 54.6 Å². The van der Waals surface area contributed by atoms with Gasteiger partial charge in [0.1, 0.15) is 5.75 Å². The Kier molecular flexibility index (Phi) is 7.23. The molecule has 1 saturated carbocycles. The summed E-state index contributed by atoms with van der Waals surface area (Å²) < 4.78 is 28.2. The van der Waals surface area contributed by atoms with Crippen molar-refractivity contribution in [2.75, 3.05) is 13.2 Å². The molecule has 3 atom stereocenters. The molecule has 3 unspecified atom stereocenters. The summed E-state index contributed by atoms with van der Waals surface area (Å²) in [6, 6.07) is 18.6. The number of hydrogen-bond acceptors (Lipinski definition) is 2. The van der Waals surface area contributed by atoms with Gasteiger partial charge in [-0.05, 0) is 47.9 Å². The Labute approximate surface area is 158 Å². The fraction of sp³-hybridized carbons (Fsp3) is 0.429. The van der Waals surface area contributed by atoms with E-state index in [4.69, 9.17) is 9.29 Å². The Bertz CT molecular complexity index is 690. The van der Waals surface area contributed by atoms with Gasteiger partial charge in [-0.25, -0.2) is 8.93 Å². The average Bonchev–Trinajstić information content (AvgIpc) is 2.68. The molecule has 1 aliphatic rings. The summed E-state index contributed by atoms with van der Waals surface area (Å²) in [6.07, 6.45) is 5.77. The van der Waals surface area contributed by atoms with E-state index < -0.39 is 11.3 Å². The van der Waals surface area contributed by atoms with Crippen LogP contribution >= 0.6 is 0 Å². The SMILES string of the molecule is O=S(O)NCCC1CCCCC1COc1ccc(-c2ccccc2)cc1. The van der Waals surface area contributed by atoms with Crippen LogP contribution in [-0.4, -0.2) is 21.9 Å². The molecule has 1 aliphatic carbocycles. The quantitative estimate of drug-likeness (QED) is 0.662. The van der Waals surface area contributed by atoms with Crippen molar-refractivity contribution in [2.45, 2.75) is 32.1 Å². The van der Waals surface area contributed by atoms with Crippen molar-refractivity contribution in [1.82, 2.24) is 4.72 Å². The molecule has 4 nitrogen and oxygen atoms in total. The summed E-state index contributed by atoms with van der Waals surface area (Å²) >= 11 is -1.91. The van der Waals surface area contributed by atoms with E-state index in [1.807, 2.05) is 30.3 Å². The number of ether oxygens (including phenoxy) is 1. The van der Waals surface area contributed by atoms with Gasteiger partial charge >= 0.3 is 0 Å². The molecular weight excluding hydrogens is 346 g/mol. The zero-order valence-electron chi connectivity index (χ0n) is 15.0. The highest BCUT2D eigenvalue weighted by molar-refractivity contribution is 7.77. The number of nitrogens with one attached hydrogen (secondary N) is 1. The van der Waals surface area contributed by atoms with E-state index in [2.05, 4.69) is 29.0 Å². The van der Waals surface area contributed by atoms with Crippen molar-refractivity contribution in [3.05, 3.63) is 54.6 Å². The van der Waals surface area contributed by atoms with Crippen LogP contribution in [0, 0.1) is 11.8 Å². The van der Waals surface area contributed by atoms with E-state index in [-0.39, 0.29) is 0 Å². The van der Waals surface area contributed by atoms with Gasteiger partial charge in [-0.15, -0.1) is 0 Å². The fourth-order valence-electron chi connectivity index (χ4n) is 3.79. The molecule has 140 valence electrons. The molecule has 2 aromatic carbocycles. The van der Waals surface area contributed by atoms with E-state index in [1.54, 1.807) is 0 Å². The average molecular weight is 374 g/mol. The Balaban J connectivity index is 1.52. The number of hydrogen-bond donors (Lipinski definition) is 2. The van der Waals surface area contributed by atoms with Crippen LogP contribution in [0.1, 0.15) is 32.1 Å². The lowest BCUT2D eigenvalue weighted by atomic mass is 9.78. The topological polar surface area (TPSA) is 58.6 Å². The molecule has 3 rings (SSSR count). The van der Waals surface area contributed by atoms with Crippen LogP contribution in [0.4, 0.5) is 0 Å². The first-order valence-corrected chi connectivity index (χ1v) is 10.5. The summed E-state index contributed by atoms with van der Waals surface area (Å²) in [6.45, 7) is 1.30. The highest BCUT2D eigenvalue weighted by Gasteiger charge is 2.25. The van der Waals surface area contributed by atoms with E-state index >= 15 is 0 Å². The van der Waals surface area contributed by atoms with Crippen molar-refractivity contribution in [3.8, 4) is 16.9 Å². The molecular formula is C21H27NO3S. The molecule has 26 heavy (non-hydrogen) atoms. The summed E-state index contributed by atoms with van der Waals surface area (Å²) in [5.41, 5.74) is 2.40. The zero-order valence-corrected chi connectivity index (χ0v) is 15.8. The second-order valence-electron chi connectivity index (χ2n) is 6.94. The predicted octanol–water partition coefficient (Wildman–Crippen LogP) is 4.66. The van der Waals surface area contributed by atoms with Crippen LogP contribution in [0.2, 0.25) is 0 Å². The molecule has 0 radical (unpaired) electrons. The lowest BCUT2D eigenvalue weighted by Crippen LogP contribution is -2.29. The van der Waals surface area contributed by atoms with Gasteiger partial charge < -0.3 is 4.74 Å². The third-order valence-corrected chi connectivity index (χ3v) is 5.68. The molecule has 2 N–H and O–H groups in total. The van der Waals surface area contributed by atoms with Gasteiger partial charge in [0, 0.05) is 6.54 Å². The maximum absolute atomic E-state index is 10.7. The first-order valence-electron chi connectivity index (χ1n) is 9.35. The van der Waals surface area contributed by atoms with Crippen molar-refractivity contribution in [1.29, 1.82) is 0 Å². The van der Waals surface area contributed by atoms with E-state index in [0.29, 0.717) is 18.4 Å². The minimum atomic E-state index is -1.91. The molecule has 0 amide bonds. The zero-order chi connectivity index (χ0) is 18.2. The standard InChI is InChI=1S/C21H27NO3S/c23-26(24)22-15-14-18-8-4-5-9-20(18)16-25-21-12-10-19(11-13-21)17-6-2-1-3-7-17/h1-3,6-7,10-13,18,20,22H,4-5,8-9,14-16H2,(H,23,24). The molecule has 0 spiro atoms. The van der Waals surface area contributed by atoms with Gasteiger partial charge in [-0.3, -0.25) is 4.55 Å². The highest BCUT2D eigenvalue weighted by Crippen LogP contribution is 2.33. The van der Waals surface area contributed by atoms with Crippen molar-refractivity contribution >= 4 is 11.3 Å². The minimum Gasteiger partial charge on any atom is -0.493 e. The van der Waals surface area contributed by atoms with Crippen LogP contribution in [0.3, 0.4) is 0 Å². The molecule has 0 heterocycles. The lowest BCUT2D eigenvalue weighted by Gasteiger charge is -2.31. The van der Waals surface area contributed by atoms with Crippen LogP contribution in [0.25, 0.3) is 11.1 Å². The maximum atomic E-state index is 10.7. The summed E-state index contributed by atoms with van der Waals surface area (Å²) in [7, 11) is 0. The summed E-state index contributed by atoms with van der Waals surface area (Å²) in [4.78, 5) is 0. The molecule has 0 saturated heterocycles. The van der Waals surface area contributed by atoms with Crippen molar-refractivity contribution in [2.24, 2.45) is 11.8 Å². The smallest absolute Gasteiger partial charge is 0.231 e. The Morgan fingerprint density at radius 3 is 2.31 bits per heavy atom. The molecule has 2 aromatic rings. The van der Waals surface area contributed by atoms with Gasteiger partial charge in [0.05, 0.1) is 6.61 Å². The van der Waals surface area contributed by atoms with Crippen LogP contribution in [-0.2, 0) is 11.3 Å². The molecule has 0 aliphatic heterocycles. The second-order valence-corrected chi connectivity index (χ2v) is 7.73. The second kappa shape index (κ2) is 9.86.